The Labute approximate surface area is 131 Å². The number of phenolic OH excluding ortho intramolecular Hbond substituents is 1. The standard InChI is InChI=1S/C15H16BrN3O2/c1-3-12(11-6-9(2)4-5-14(11)20)18-19-15(21)13-7-10(16)8-17-13/h4-8,17,20H,3H2,1-2H3,(H,19,21)/b18-12+. The molecule has 0 saturated heterocycles. The lowest BCUT2D eigenvalue weighted by Crippen LogP contribution is -2.20. The highest BCUT2D eigenvalue weighted by Crippen LogP contribution is 2.20. The molecule has 1 aromatic heterocycles. The van der Waals surface area contributed by atoms with Crippen LogP contribution in [0.5, 0.6) is 5.75 Å². The number of phenols is 1. The van der Waals surface area contributed by atoms with Crippen molar-refractivity contribution in [2.45, 2.75) is 20.3 Å². The maximum Gasteiger partial charge on any atom is 0.287 e. The number of rotatable bonds is 4. The number of aryl methyl sites for hydroxylation is 1. The Kier molecular flexibility index (Phi) is 4.80. The van der Waals surface area contributed by atoms with Gasteiger partial charge in [0.15, 0.2) is 0 Å². The van der Waals surface area contributed by atoms with Crippen molar-refractivity contribution >= 4 is 27.5 Å². The van der Waals surface area contributed by atoms with Crippen molar-refractivity contribution in [3.8, 4) is 5.75 Å². The number of nitrogens with zero attached hydrogens (tertiary/aromatic N) is 1. The number of hydrogen-bond acceptors (Lipinski definition) is 3. The van der Waals surface area contributed by atoms with Gasteiger partial charge in [-0.3, -0.25) is 4.79 Å². The van der Waals surface area contributed by atoms with Gasteiger partial charge in [0.2, 0.25) is 0 Å². The Morgan fingerprint density at radius 3 is 2.81 bits per heavy atom. The average Bonchev–Trinajstić information content (AvgIpc) is 2.89. The van der Waals surface area contributed by atoms with Crippen LogP contribution in [0.3, 0.4) is 0 Å². The quantitative estimate of drug-likeness (QED) is 0.584. The molecule has 1 heterocycles. The number of halogens is 1. The number of amides is 1. The highest BCUT2D eigenvalue weighted by atomic mass is 79.9. The molecule has 0 atom stereocenters. The summed E-state index contributed by atoms with van der Waals surface area (Å²) in [4.78, 5) is 14.8. The summed E-state index contributed by atoms with van der Waals surface area (Å²) < 4.78 is 0.795. The van der Waals surface area contributed by atoms with Crippen molar-refractivity contribution in [2.24, 2.45) is 5.10 Å². The van der Waals surface area contributed by atoms with E-state index in [2.05, 4.69) is 31.4 Å². The van der Waals surface area contributed by atoms with Gasteiger partial charge < -0.3 is 10.1 Å². The molecular weight excluding hydrogens is 334 g/mol. The van der Waals surface area contributed by atoms with E-state index in [-0.39, 0.29) is 11.7 Å². The summed E-state index contributed by atoms with van der Waals surface area (Å²) in [5.41, 5.74) is 5.17. The van der Waals surface area contributed by atoms with Crippen molar-refractivity contribution < 1.29 is 9.90 Å². The average molecular weight is 350 g/mol. The molecule has 0 spiro atoms. The second kappa shape index (κ2) is 6.58. The zero-order valence-electron chi connectivity index (χ0n) is 11.8. The molecule has 0 fully saturated rings. The number of aromatic nitrogens is 1. The Balaban J connectivity index is 2.21. The van der Waals surface area contributed by atoms with Crippen molar-refractivity contribution in [3.05, 3.63) is 51.8 Å². The minimum absolute atomic E-state index is 0.151. The maximum absolute atomic E-state index is 11.9. The van der Waals surface area contributed by atoms with Gasteiger partial charge in [-0.2, -0.15) is 5.10 Å². The van der Waals surface area contributed by atoms with Gasteiger partial charge >= 0.3 is 0 Å². The Hall–Kier alpha value is -2.08. The van der Waals surface area contributed by atoms with Crippen LogP contribution in [0.2, 0.25) is 0 Å². The summed E-state index contributed by atoms with van der Waals surface area (Å²) in [6, 6.07) is 6.95. The molecule has 5 nitrogen and oxygen atoms in total. The smallest absolute Gasteiger partial charge is 0.287 e. The molecule has 110 valence electrons. The molecule has 1 aromatic carbocycles. The van der Waals surface area contributed by atoms with Crippen LogP contribution in [0.1, 0.15) is 35.0 Å². The number of aromatic hydroxyl groups is 1. The van der Waals surface area contributed by atoms with E-state index in [4.69, 9.17) is 0 Å². The molecule has 0 aliphatic rings. The Bertz CT molecular complexity index is 692. The van der Waals surface area contributed by atoms with E-state index in [1.165, 1.54) is 0 Å². The van der Waals surface area contributed by atoms with Gasteiger partial charge in [0.25, 0.3) is 5.91 Å². The van der Waals surface area contributed by atoms with Crippen molar-refractivity contribution in [3.63, 3.8) is 0 Å². The molecule has 0 bridgehead atoms. The van der Waals surface area contributed by atoms with E-state index >= 15 is 0 Å². The number of carbonyl (C=O) groups excluding carboxylic acids is 1. The van der Waals surface area contributed by atoms with Gasteiger partial charge in [-0.05, 0) is 47.5 Å². The topological polar surface area (TPSA) is 77.5 Å². The Morgan fingerprint density at radius 2 is 2.19 bits per heavy atom. The van der Waals surface area contributed by atoms with Crippen LogP contribution < -0.4 is 5.43 Å². The summed E-state index contributed by atoms with van der Waals surface area (Å²) >= 11 is 3.27. The minimum Gasteiger partial charge on any atom is -0.507 e. The van der Waals surface area contributed by atoms with E-state index in [0.717, 1.165) is 10.0 Å². The van der Waals surface area contributed by atoms with Gasteiger partial charge in [0.1, 0.15) is 11.4 Å². The lowest BCUT2D eigenvalue weighted by Gasteiger charge is -2.08. The third-order valence-electron chi connectivity index (χ3n) is 2.98. The maximum atomic E-state index is 11.9. The molecule has 0 unspecified atom stereocenters. The summed E-state index contributed by atoms with van der Waals surface area (Å²) in [6.07, 6.45) is 2.26. The van der Waals surface area contributed by atoms with Crippen LogP contribution in [-0.2, 0) is 0 Å². The first-order valence-electron chi connectivity index (χ1n) is 6.52. The number of hydrazone groups is 1. The van der Waals surface area contributed by atoms with Gasteiger partial charge in [-0.1, -0.05) is 18.6 Å². The number of benzene rings is 1. The first kappa shape index (κ1) is 15.3. The highest BCUT2D eigenvalue weighted by Gasteiger charge is 2.10. The molecule has 1 amide bonds. The second-order valence-corrected chi connectivity index (χ2v) is 5.52. The summed E-state index contributed by atoms with van der Waals surface area (Å²) in [7, 11) is 0. The van der Waals surface area contributed by atoms with Crippen LogP contribution in [0, 0.1) is 6.92 Å². The summed E-state index contributed by atoms with van der Waals surface area (Å²) in [5.74, 6) is -0.183. The molecule has 0 aliphatic heterocycles. The molecule has 6 heteroatoms. The SMILES string of the molecule is CC/C(=N\NC(=O)c1cc(Br)c[nH]1)c1cc(C)ccc1O. The molecule has 0 radical (unpaired) electrons. The van der Waals surface area contributed by atoms with Crippen molar-refractivity contribution in [1.82, 2.24) is 10.4 Å². The van der Waals surface area contributed by atoms with Gasteiger partial charge in [0, 0.05) is 16.2 Å². The van der Waals surface area contributed by atoms with E-state index in [1.807, 2.05) is 26.0 Å². The lowest BCUT2D eigenvalue weighted by atomic mass is 10.0. The van der Waals surface area contributed by atoms with E-state index in [1.54, 1.807) is 18.3 Å². The van der Waals surface area contributed by atoms with Crippen LogP contribution >= 0.6 is 15.9 Å². The molecule has 0 saturated carbocycles. The predicted molar refractivity (Wildman–Crippen MR) is 85.6 cm³/mol. The third-order valence-corrected chi connectivity index (χ3v) is 3.44. The van der Waals surface area contributed by atoms with Crippen LogP contribution in [0.15, 0.2) is 40.0 Å². The van der Waals surface area contributed by atoms with Crippen molar-refractivity contribution in [1.29, 1.82) is 0 Å². The molecule has 2 rings (SSSR count). The lowest BCUT2D eigenvalue weighted by molar-refractivity contribution is 0.0950. The molecular formula is C15H16BrN3O2. The first-order valence-corrected chi connectivity index (χ1v) is 7.31. The van der Waals surface area contributed by atoms with Crippen LogP contribution in [-0.4, -0.2) is 21.7 Å². The number of carbonyl (C=O) groups is 1. The second-order valence-electron chi connectivity index (χ2n) is 4.61. The Morgan fingerprint density at radius 1 is 1.43 bits per heavy atom. The van der Waals surface area contributed by atoms with Gasteiger partial charge in [0.05, 0.1) is 5.71 Å². The van der Waals surface area contributed by atoms with E-state index in [9.17, 15) is 9.90 Å². The molecule has 2 aromatic rings. The molecule has 3 N–H and O–H groups in total. The van der Waals surface area contributed by atoms with E-state index < -0.39 is 0 Å². The largest absolute Gasteiger partial charge is 0.507 e. The van der Waals surface area contributed by atoms with Crippen LogP contribution in [0.25, 0.3) is 0 Å². The van der Waals surface area contributed by atoms with Gasteiger partial charge in [-0.25, -0.2) is 5.43 Å². The molecule has 0 aliphatic carbocycles. The predicted octanol–water partition coefficient (Wildman–Crippen LogP) is 3.34. The highest BCUT2D eigenvalue weighted by molar-refractivity contribution is 9.10. The number of H-pyrrole nitrogens is 1. The summed E-state index contributed by atoms with van der Waals surface area (Å²) in [6.45, 7) is 3.85. The zero-order chi connectivity index (χ0) is 15.4. The fourth-order valence-electron chi connectivity index (χ4n) is 1.89. The van der Waals surface area contributed by atoms with Gasteiger partial charge in [-0.15, -0.1) is 0 Å². The van der Waals surface area contributed by atoms with E-state index in [0.29, 0.717) is 23.4 Å². The monoisotopic (exact) mass is 349 g/mol. The fourth-order valence-corrected chi connectivity index (χ4v) is 2.23. The number of nitrogens with one attached hydrogen (secondary N) is 2. The summed E-state index contributed by atoms with van der Waals surface area (Å²) in [5, 5.41) is 14.0. The van der Waals surface area contributed by atoms with Crippen LogP contribution in [0.4, 0.5) is 0 Å². The third kappa shape index (κ3) is 3.72. The zero-order valence-corrected chi connectivity index (χ0v) is 13.4. The normalized spacial score (nSPS) is 11.5. The number of aromatic amines is 1. The minimum atomic E-state index is -0.334. The fraction of sp³-hybridized carbons (Fsp3) is 0.200. The molecule has 21 heavy (non-hydrogen) atoms. The van der Waals surface area contributed by atoms with Crippen molar-refractivity contribution in [2.75, 3.05) is 0 Å². The first-order chi connectivity index (χ1) is 10.0. The number of hydrogen-bond donors (Lipinski definition) is 3.